The SMILES string of the molecule is Cc1cc(-c2cc(Cl)ccc2OCCn2c(C)nc3cc(C(F)(F)F)c(Cc4ccccn4)nc3c2=O)c2scc(C(=O)O)c2n1. The topological polar surface area (TPSA) is 120 Å². The number of nitrogens with zero attached hydrogens (tertiary/aromatic N) is 5. The number of thiophene rings is 1. The second-order valence-electron chi connectivity index (χ2n) is 10.4. The van der Waals surface area contributed by atoms with Gasteiger partial charge in [0, 0.05) is 45.5 Å². The molecule has 0 aliphatic rings. The summed E-state index contributed by atoms with van der Waals surface area (Å²) in [6, 6.07) is 12.6. The molecule has 0 fully saturated rings. The minimum atomic E-state index is -4.71. The number of carboxylic acids is 1. The maximum Gasteiger partial charge on any atom is 0.418 e. The second-order valence-corrected chi connectivity index (χ2v) is 11.7. The number of carbonyl (C=O) groups is 1. The van der Waals surface area contributed by atoms with Crippen molar-refractivity contribution >= 4 is 50.2 Å². The van der Waals surface area contributed by atoms with Gasteiger partial charge >= 0.3 is 12.1 Å². The van der Waals surface area contributed by atoms with E-state index in [1.807, 2.05) is 6.07 Å². The minimum absolute atomic E-state index is 0.0119. The first-order valence-corrected chi connectivity index (χ1v) is 15.1. The molecular weight excluding hydrogens is 643 g/mol. The summed E-state index contributed by atoms with van der Waals surface area (Å²) in [7, 11) is 0. The van der Waals surface area contributed by atoms with E-state index in [4.69, 9.17) is 16.3 Å². The number of aromatic nitrogens is 5. The summed E-state index contributed by atoms with van der Waals surface area (Å²) in [5.41, 5.74) is 0.431. The van der Waals surface area contributed by atoms with Gasteiger partial charge in [0.05, 0.1) is 39.1 Å². The van der Waals surface area contributed by atoms with Crippen LogP contribution in [-0.4, -0.2) is 42.2 Å². The summed E-state index contributed by atoms with van der Waals surface area (Å²) in [6.07, 6.45) is -3.46. The Labute approximate surface area is 267 Å². The van der Waals surface area contributed by atoms with Gasteiger partial charge in [-0.25, -0.2) is 14.8 Å². The van der Waals surface area contributed by atoms with Gasteiger partial charge in [0.1, 0.15) is 18.2 Å². The number of rotatable bonds is 8. The number of pyridine rings is 3. The van der Waals surface area contributed by atoms with Crippen LogP contribution in [0.3, 0.4) is 0 Å². The fourth-order valence-electron chi connectivity index (χ4n) is 5.18. The van der Waals surface area contributed by atoms with Crippen LogP contribution in [0, 0.1) is 13.8 Å². The van der Waals surface area contributed by atoms with E-state index in [-0.39, 0.29) is 47.7 Å². The Bertz CT molecular complexity index is 2200. The number of halogens is 4. The van der Waals surface area contributed by atoms with Crippen molar-refractivity contribution in [3.63, 3.8) is 0 Å². The first-order valence-electron chi connectivity index (χ1n) is 13.8. The number of benzene rings is 1. The monoisotopic (exact) mass is 665 g/mol. The highest BCUT2D eigenvalue weighted by atomic mass is 35.5. The maximum atomic E-state index is 14.0. The van der Waals surface area contributed by atoms with Crippen LogP contribution in [0.5, 0.6) is 5.75 Å². The van der Waals surface area contributed by atoms with Crippen LogP contribution < -0.4 is 10.3 Å². The van der Waals surface area contributed by atoms with Crippen molar-refractivity contribution in [3.8, 4) is 16.9 Å². The van der Waals surface area contributed by atoms with Crippen LogP contribution >= 0.6 is 22.9 Å². The van der Waals surface area contributed by atoms with E-state index in [1.54, 1.807) is 43.3 Å². The zero-order valence-electron chi connectivity index (χ0n) is 24.2. The summed E-state index contributed by atoms with van der Waals surface area (Å²) < 4.78 is 50.0. The first-order chi connectivity index (χ1) is 21.9. The number of carboxylic acid groups (broad SMARTS) is 1. The minimum Gasteiger partial charge on any atom is -0.491 e. The third-order valence-corrected chi connectivity index (χ3v) is 8.51. The normalized spacial score (nSPS) is 11.8. The Balaban J connectivity index is 1.34. The number of aromatic carboxylic acids is 1. The predicted octanol–water partition coefficient (Wildman–Crippen LogP) is 7.12. The lowest BCUT2D eigenvalue weighted by Crippen LogP contribution is -2.28. The third-order valence-electron chi connectivity index (χ3n) is 7.27. The fraction of sp³-hybridized carbons (Fsp3) is 0.188. The van der Waals surface area contributed by atoms with Crippen molar-refractivity contribution in [2.45, 2.75) is 33.0 Å². The molecule has 1 N–H and O–H groups in total. The molecule has 0 atom stereocenters. The Morgan fingerprint density at radius 3 is 2.57 bits per heavy atom. The summed E-state index contributed by atoms with van der Waals surface area (Å²) in [6.45, 7) is 3.28. The number of hydrogen-bond donors (Lipinski definition) is 1. The highest BCUT2D eigenvalue weighted by Gasteiger charge is 2.35. The molecule has 5 heterocycles. The van der Waals surface area contributed by atoms with E-state index in [0.29, 0.717) is 43.5 Å². The number of alkyl halides is 3. The maximum absolute atomic E-state index is 14.0. The van der Waals surface area contributed by atoms with Crippen molar-refractivity contribution in [1.29, 1.82) is 0 Å². The van der Waals surface area contributed by atoms with Crippen molar-refractivity contribution in [2.24, 2.45) is 0 Å². The number of ether oxygens (including phenoxy) is 1. The van der Waals surface area contributed by atoms with E-state index in [1.165, 1.54) is 34.4 Å². The molecule has 0 amide bonds. The molecule has 0 aliphatic heterocycles. The van der Waals surface area contributed by atoms with E-state index in [9.17, 15) is 27.9 Å². The number of fused-ring (bicyclic) bond motifs is 2. The molecule has 0 spiro atoms. The van der Waals surface area contributed by atoms with Gasteiger partial charge in [0.15, 0.2) is 5.52 Å². The van der Waals surface area contributed by atoms with Crippen LogP contribution in [0.25, 0.3) is 32.4 Å². The largest absolute Gasteiger partial charge is 0.491 e. The molecule has 234 valence electrons. The van der Waals surface area contributed by atoms with E-state index in [2.05, 4.69) is 19.9 Å². The van der Waals surface area contributed by atoms with Gasteiger partial charge in [0.2, 0.25) is 0 Å². The summed E-state index contributed by atoms with van der Waals surface area (Å²) in [5.74, 6) is -0.474. The van der Waals surface area contributed by atoms with Crippen LogP contribution in [0.2, 0.25) is 5.02 Å². The molecule has 0 unspecified atom stereocenters. The Morgan fingerprint density at radius 1 is 1.04 bits per heavy atom. The van der Waals surface area contributed by atoms with E-state index in [0.717, 1.165) is 6.07 Å². The van der Waals surface area contributed by atoms with Gasteiger partial charge in [-0.1, -0.05) is 17.7 Å². The van der Waals surface area contributed by atoms with Crippen molar-refractivity contribution in [3.05, 3.63) is 110 Å². The molecule has 14 heteroatoms. The summed E-state index contributed by atoms with van der Waals surface area (Å²) in [5, 5.41) is 11.6. The molecule has 6 rings (SSSR count). The average molecular weight is 666 g/mol. The van der Waals surface area contributed by atoms with Gasteiger partial charge in [-0.05, 0) is 56.3 Å². The number of hydrogen-bond acceptors (Lipinski definition) is 8. The fourth-order valence-corrected chi connectivity index (χ4v) is 6.37. The zero-order valence-corrected chi connectivity index (χ0v) is 25.8. The number of aryl methyl sites for hydroxylation is 2. The molecule has 0 radical (unpaired) electrons. The lowest BCUT2D eigenvalue weighted by atomic mass is 10.0. The van der Waals surface area contributed by atoms with E-state index < -0.39 is 23.3 Å². The molecule has 0 saturated carbocycles. The van der Waals surface area contributed by atoms with E-state index >= 15 is 0 Å². The summed E-state index contributed by atoms with van der Waals surface area (Å²) in [4.78, 5) is 42.3. The molecule has 5 aromatic heterocycles. The van der Waals surface area contributed by atoms with Crippen LogP contribution in [0.15, 0.2) is 64.9 Å². The quantitative estimate of drug-likeness (QED) is 0.183. The molecule has 0 aliphatic carbocycles. The average Bonchev–Trinajstić information content (AvgIpc) is 3.43. The molecule has 9 nitrogen and oxygen atoms in total. The lowest BCUT2D eigenvalue weighted by Gasteiger charge is -2.16. The molecule has 6 aromatic rings. The van der Waals surface area contributed by atoms with Gasteiger partial charge in [0.25, 0.3) is 5.56 Å². The van der Waals surface area contributed by atoms with Crippen molar-refractivity contribution in [1.82, 2.24) is 24.5 Å². The smallest absolute Gasteiger partial charge is 0.418 e. The Hall–Kier alpha value is -4.88. The highest BCUT2D eigenvalue weighted by molar-refractivity contribution is 7.18. The third kappa shape index (κ3) is 6.03. The van der Waals surface area contributed by atoms with Gasteiger partial charge in [-0.15, -0.1) is 11.3 Å². The molecule has 1 aromatic carbocycles. The Morgan fingerprint density at radius 2 is 1.85 bits per heavy atom. The standard InChI is InChI=1S/C32H23ClF3N5O4S/c1-16-11-21(29-27(38-16)22(15-46-29)31(43)44)20-12-18(33)6-7-26(20)45-10-9-41-17(2)39-25-14-23(32(34,35)36)24(40-28(25)30(41)42)13-19-5-3-4-8-37-19/h3-8,11-12,14-15H,9-10,13H2,1-2H3,(H,43,44). The molecule has 0 saturated heterocycles. The van der Waals surface area contributed by atoms with Crippen molar-refractivity contribution < 1.29 is 27.8 Å². The van der Waals surface area contributed by atoms with Crippen LogP contribution in [0.1, 0.15) is 38.8 Å². The lowest BCUT2D eigenvalue weighted by molar-refractivity contribution is -0.138. The molecule has 0 bridgehead atoms. The van der Waals surface area contributed by atoms with Gasteiger partial charge in [-0.2, -0.15) is 13.2 Å². The first kappa shape index (κ1) is 31.1. The predicted molar refractivity (Wildman–Crippen MR) is 168 cm³/mol. The van der Waals surface area contributed by atoms with Gasteiger partial charge in [-0.3, -0.25) is 19.3 Å². The van der Waals surface area contributed by atoms with Crippen LogP contribution in [0.4, 0.5) is 13.2 Å². The second kappa shape index (κ2) is 12.1. The molecular formula is C32H23ClF3N5O4S. The Kier molecular flexibility index (Phi) is 8.21. The van der Waals surface area contributed by atoms with Crippen LogP contribution in [-0.2, 0) is 19.1 Å². The van der Waals surface area contributed by atoms with Gasteiger partial charge < -0.3 is 9.84 Å². The van der Waals surface area contributed by atoms with Crippen molar-refractivity contribution in [2.75, 3.05) is 6.61 Å². The summed E-state index contributed by atoms with van der Waals surface area (Å²) >= 11 is 7.59. The molecule has 46 heavy (non-hydrogen) atoms. The highest BCUT2D eigenvalue weighted by Crippen LogP contribution is 2.40. The zero-order chi connectivity index (χ0) is 32.7.